The number of methoxy groups -OCH3 is 2. The molecular formula is C17H28N2O3. The topological polar surface area (TPSA) is 50.8 Å². The van der Waals surface area contributed by atoms with Crippen LogP contribution in [0, 0.1) is 0 Å². The lowest BCUT2D eigenvalue weighted by atomic mass is 10.1. The summed E-state index contributed by atoms with van der Waals surface area (Å²) in [6, 6.07) is 8.10. The maximum absolute atomic E-state index is 11.9. The summed E-state index contributed by atoms with van der Waals surface area (Å²) in [7, 11) is 7.36. The molecule has 124 valence electrons. The van der Waals surface area contributed by atoms with E-state index in [1.54, 1.807) is 14.2 Å². The number of nitrogens with one attached hydrogen (secondary N) is 1. The van der Waals surface area contributed by atoms with E-state index >= 15 is 0 Å². The van der Waals surface area contributed by atoms with Crippen molar-refractivity contribution < 1.29 is 14.3 Å². The Labute approximate surface area is 133 Å². The van der Waals surface area contributed by atoms with Gasteiger partial charge in [-0.1, -0.05) is 12.1 Å². The molecule has 0 spiro atoms. The number of hydrogen-bond donors (Lipinski definition) is 1. The van der Waals surface area contributed by atoms with Crippen LogP contribution >= 0.6 is 0 Å². The molecule has 1 aromatic rings. The average Bonchev–Trinajstić information content (AvgIpc) is 2.52. The molecule has 0 saturated heterocycles. The Kier molecular flexibility index (Phi) is 8.55. The molecule has 0 aromatic heterocycles. The second-order valence-electron chi connectivity index (χ2n) is 5.51. The molecule has 1 atom stereocenters. The molecule has 0 bridgehead atoms. The van der Waals surface area contributed by atoms with Crippen LogP contribution in [0.2, 0.25) is 0 Å². The minimum atomic E-state index is 0.0939. The molecule has 0 fully saturated rings. The molecule has 22 heavy (non-hydrogen) atoms. The number of carbonyl (C=O) groups is 1. The third kappa shape index (κ3) is 6.45. The zero-order chi connectivity index (χ0) is 16.4. The van der Waals surface area contributed by atoms with Crippen molar-refractivity contribution in [3.8, 4) is 5.75 Å². The Bertz CT molecular complexity index is 432. The largest absolute Gasteiger partial charge is 0.497 e. The van der Waals surface area contributed by atoms with Crippen LogP contribution in [-0.4, -0.2) is 52.3 Å². The summed E-state index contributed by atoms with van der Waals surface area (Å²) >= 11 is 0. The van der Waals surface area contributed by atoms with Gasteiger partial charge in [-0.05, 0) is 44.6 Å². The Morgan fingerprint density at radius 3 is 2.41 bits per heavy atom. The summed E-state index contributed by atoms with van der Waals surface area (Å²) in [6.45, 7) is 1.31. The fraction of sp³-hybridized carbons (Fsp3) is 0.588. The molecule has 1 unspecified atom stereocenters. The minimum absolute atomic E-state index is 0.0939. The third-order valence-electron chi connectivity index (χ3n) is 3.62. The lowest BCUT2D eigenvalue weighted by Crippen LogP contribution is -2.34. The maximum atomic E-state index is 11.9. The van der Waals surface area contributed by atoms with Gasteiger partial charge in [0.1, 0.15) is 5.75 Å². The molecule has 1 aromatic carbocycles. The van der Waals surface area contributed by atoms with Gasteiger partial charge in [0.05, 0.1) is 13.2 Å². The summed E-state index contributed by atoms with van der Waals surface area (Å²) in [5, 5.41) is 3.02. The Morgan fingerprint density at radius 2 is 1.86 bits per heavy atom. The molecule has 0 saturated carbocycles. The second-order valence-corrected chi connectivity index (χ2v) is 5.51. The van der Waals surface area contributed by atoms with Crippen molar-refractivity contribution in [2.24, 2.45) is 0 Å². The van der Waals surface area contributed by atoms with Crippen molar-refractivity contribution in [2.75, 3.05) is 41.5 Å². The number of carbonyl (C=O) groups excluding carboxylic acids is 1. The molecule has 5 heteroatoms. The molecule has 0 aliphatic rings. The van der Waals surface area contributed by atoms with Gasteiger partial charge in [-0.15, -0.1) is 0 Å². The summed E-state index contributed by atoms with van der Waals surface area (Å²) in [4.78, 5) is 14.0. The number of nitrogens with zero attached hydrogens (tertiary/aromatic N) is 1. The molecule has 5 nitrogen and oxygen atoms in total. The summed E-state index contributed by atoms with van der Waals surface area (Å²) in [5.74, 6) is 0.930. The Morgan fingerprint density at radius 1 is 1.18 bits per heavy atom. The number of hydrogen-bond acceptors (Lipinski definition) is 4. The van der Waals surface area contributed by atoms with Crippen molar-refractivity contribution in [2.45, 2.75) is 25.3 Å². The van der Waals surface area contributed by atoms with Crippen molar-refractivity contribution in [3.05, 3.63) is 29.8 Å². The fourth-order valence-corrected chi connectivity index (χ4v) is 2.26. The fourth-order valence-electron chi connectivity index (χ4n) is 2.26. The van der Waals surface area contributed by atoms with E-state index in [1.807, 2.05) is 38.4 Å². The quantitative estimate of drug-likeness (QED) is 0.674. The van der Waals surface area contributed by atoms with Crippen LogP contribution in [0.4, 0.5) is 0 Å². The van der Waals surface area contributed by atoms with E-state index in [2.05, 4.69) is 10.2 Å². The van der Waals surface area contributed by atoms with E-state index in [-0.39, 0.29) is 11.9 Å². The number of rotatable bonds is 10. The van der Waals surface area contributed by atoms with Crippen LogP contribution in [0.15, 0.2) is 24.3 Å². The Hall–Kier alpha value is -1.59. The summed E-state index contributed by atoms with van der Waals surface area (Å²) in [5.41, 5.74) is 1.16. The lowest BCUT2D eigenvalue weighted by molar-refractivity contribution is -0.121. The molecule has 1 N–H and O–H groups in total. The van der Waals surface area contributed by atoms with E-state index in [9.17, 15) is 4.79 Å². The van der Waals surface area contributed by atoms with Gasteiger partial charge < -0.3 is 19.7 Å². The minimum Gasteiger partial charge on any atom is -0.497 e. The van der Waals surface area contributed by atoms with Crippen LogP contribution in [0.5, 0.6) is 5.75 Å². The highest BCUT2D eigenvalue weighted by Crippen LogP contribution is 2.20. The molecule has 1 rings (SSSR count). The van der Waals surface area contributed by atoms with Crippen molar-refractivity contribution in [1.82, 2.24) is 10.2 Å². The number of likely N-dealkylation sites (N-methyl/N-ethyl adjacent to an activating group) is 1. The van der Waals surface area contributed by atoms with Crippen LogP contribution in [0.1, 0.15) is 30.9 Å². The van der Waals surface area contributed by atoms with Gasteiger partial charge in [-0.25, -0.2) is 0 Å². The third-order valence-corrected chi connectivity index (χ3v) is 3.62. The summed E-state index contributed by atoms with van der Waals surface area (Å²) < 4.78 is 10.2. The first-order valence-electron chi connectivity index (χ1n) is 7.64. The molecule has 0 aliphatic heterocycles. The van der Waals surface area contributed by atoms with Gasteiger partial charge in [0.2, 0.25) is 5.91 Å². The van der Waals surface area contributed by atoms with Gasteiger partial charge in [0.25, 0.3) is 0 Å². The molecule has 1 amide bonds. The van der Waals surface area contributed by atoms with E-state index < -0.39 is 0 Å². The number of unbranched alkanes of at least 4 members (excludes halogenated alkanes) is 1. The van der Waals surface area contributed by atoms with Gasteiger partial charge in [-0.2, -0.15) is 0 Å². The predicted octanol–water partition coefficient (Wildman–Crippen LogP) is 2.23. The van der Waals surface area contributed by atoms with Gasteiger partial charge >= 0.3 is 0 Å². The monoisotopic (exact) mass is 308 g/mol. The van der Waals surface area contributed by atoms with Gasteiger partial charge in [0.15, 0.2) is 0 Å². The average molecular weight is 308 g/mol. The van der Waals surface area contributed by atoms with Crippen molar-refractivity contribution in [3.63, 3.8) is 0 Å². The highest BCUT2D eigenvalue weighted by atomic mass is 16.5. The number of ether oxygens (including phenoxy) is 2. The smallest absolute Gasteiger partial charge is 0.220 e. The van der Waals surface area contributed by atoms with Gasteiger partial charge in [0, 0.05) is 26.7 Å². The van der Waals surface area contributed by atoms with Gasteiger partial charge in [-0.3, -0.25) is 4.79 Å². The highest BCUT2D eigenvalue weighted by Gasteiger charge is 2.15. The van der Waals surface area contributed by atoms with E-state index in [0.29, 0.717) is 19.6 Å². The molecule has 0 radical (unpaired) electrons. The standard InChI is InChI=1S/C17H28N2O3/c1-19(2)16(14-8-10-15(22-4)11-9-14)13-18-17(20)7-5-6-12-21-3/h8-11,16H,5-7,12-13H2,1-4H3,(H,18,20). The zero-order valence-corrected chi connectivity index (χ0v) is 14.1. The van der Waals surface area contributed by atoms with Crippen molar-refractivity contribution >= 4 is 5.91 Å². The first kappa shape index (κ1) is 18.5. The highest BCUT2D eigenvalue weighted by molar-refractivity contribution is 5.75. The SMILES string of the molecule is COCCCCC(=O)NCC(c1ccc(OC)cc1)N(C)C. The Balaban J connectivity index is 2.48. The molecular weight excluding hydrogens is 280 g/mol. The van der Waals surface area contributed by atoms with Crippen molar-refractivity contribution in [1.29, 1.82) is 0 Å². The lowest BCUT2D eigenvalue weighted by Gasteiger charge is -2.25. The maximum Gasteiger partial charge on any atom is 0.220 e. The predicted molar refractivity (Wildman–Crippen MR) is 88.2 cm³/mol. The van der Waals surface area contributed by atoms with Crippen LogP contribution in [0.25, 0.3) is 0 Å². The number of amides is 1. The molecule has 0 aliphatic carbocycles. The van der Waals surface area contributed by atoms with E-state index in [4.69, 9.17) is 9.47 Å². The van der Waals surface area contributed by atoms with E-state index in [1.165, 1.54) is 0 Å². The van der Waals surface area contributed by atoms with Crippen LogP contribution < -0.4 is 10.1 Å². The second kappa shape index (κ2) is 10.2. The normalized spacial score (nSPS) is 12.2. The first-order chi connectivity index (χ1) is 10.6. The number of benzene rings is 1. The molecule has 0 heterocycles. The zero-order valence-electron chi connectivity index (χ0n) is 14.1. The van der Waals surface area contributed by atoms with E-state index in [0.717, 1.165) is 24.2 Å². The summed E-state index contributed by atoms with van der Waals surface area (Å²) in [6.07, 6.45) is 2.32. The van der Waals surface area contributed by atoms with Crippen LogP contribution in [-0.2, 0) is 9.53 Å². The first-order valence-corrected chi connectivity index (χ1v) is 7.64. The van der Waals surface area contributed by atoms with Crippen LogP contribution in [0.3, 0.4) is 0 Å².